The molecule has 0 unspecified atom stereocenters. The first-order valence-electron chi connectivity index (χ1n) is 7.84. The first kappa shape index (κ1) is 13.7. The molecule has 22 heavy (non-hydrogen) atoms. The van der Waals surface area contributed by atoms with Gasteiger partial charge in [0.2, 0.25) is 0 Å². The van der Waals surface area contributed by atoms with Crippen LogP contribution in [0.4, 0.5) is 4.79 Å². The van der Waals surface area contributed by atoms with Gasteiger partial charge in [0.25, 0.3) is 0 Å². The number of nitrogens with zero attached hydrogens (tertiary/aromatic N) is 2. The molecule has 0 radical (unpaired) electrons. The Morgan fingerprint density at radius 3 is 2.27 bits per heavy atom. The second kappa shape index (κ2) is 5.68. The predicted molar refractivity (Wildman–Crippen MR) is 79.3 cm³/mol. The zero-order chi connectivity index (χ0) is 14.9. The van der Waals surface area contributed by atoms with Crippen LogP contribution in [0.3, 0.4) is 0 Å². The number of morpholine rings is 1. The van der Waals surface area contributed by atoms with Gasteiger partial charge >= 0.3 is 6.03 Å². The molecular formula is C16H20N2O4. The lowest BCUT2D eigenvalue weighted by atomic mass is 9.99. The van der Waals surface area contributed by atoms with Crippen LogP contribution in [-0.4, -0.2) is 61.9 Å². The molecule has 3 aliphatic heterocycles. The van der Waals surface area contributed by atoms with Crippen molar-refractivity contribution in [1.29, 1.82) is 0 Å². The summed E-state index contributed by atoms with van der Waals surface area (Å²) >= 11 is 0. The van der Waals surface area contributed by atoms with Crippen LogP contribution in [0.15, 0.2) is 12.1 Å². The number of ether oxygens (including phenoxy) is 3. The van der Waals surface area contributed by atoms with Crippen LogP contribution in [0.25, 0.3) is 0 Å². The highest BCUT2D eigenvalue weighted by Gasteiger charge is 2.27. The smallest absolute Gasteiger partial charge is 0.320 e. The molecule has 6 nitrogen and oxygen atoms in total. The Kier molecular flexibility index (Phi) is 3.54. The number of fused-ring (bicyclic) bond motifs is 2. The van der Waals surface area contributed by atoms with Crippen molar-refractivity contribution in [2.24, 2.45) is 0 Å². The van der Waals surface area contributed by atoms with Crippen molar-refractivity contribution in [1.82, 2.24) is 9.80 Å². The van der Waals surface area contributed by atoms with Crippen molar-refractivity contribution in [2.45, 2.75) is 13.0 Å². The summed E-state index contributed by atoms with van der Waals surface area (Å²) in [5, 5.41) is 0. The maximum Gasteiger partial charge on any atom is 0.320 e. The van der Waals surface area contributed by atoms with E-state index in [0.29, 0.717) is 46.1 Å². The van der Waals surface area contributed by atoms with Gasteiger partial charge in [0, 0.05) is 26.2 Å². The zero-order valence-corrected chi connectivity index (χ0v) is 12.5. The van der Waals surface area contributed by atoms with E-state index in [4.69, 9.17) is 14.2 Å². The average molecular weight is 304 g/mol. The standard InChI is InChI=1S/C16H20N2O4/c19-16(17-3-5-20-6-4-17)18-2-1-12-9-14-15(10-13(12)11-18)22-8-7-21-14/h9-10H,1-8,11H2. The summed E-state index contributed by atoms with van der Waals surface area (Å²) in [5.74, 6) is 1.63. The zero-order valence-electron chi connectivity index (χ0n) is 12.5. The van der Waals surface area contributed by atoms with E-state index in [0.717, 1.165) is 30.0 Å². The molecule has 3 aliphatic rings. The fourth-order valence-electron chi connectivity index (χ4n) is 3.21. The van der Waals surface area contributed by atoms with Gasteiger partial charge < -0.3 is 24.0 Å². The molecule has 2 amide bonds. The summed E-state index contributed by atoms with van der Waals surface area (Å²) in [5.41, 5.74) is 2.42. The molecule has 1 fully saturated rings. The Morgan fingerprint density at radius 1 is 0.864 bits per heavy atom. The predicted octanol–water partition coefficient (Wildman–Crippen LogP) is 1.27. The van der Waals surface area contributed by atoms with Crippen LogP contribution in [0, 0.1) is 0 Å². The molecule has 0 atom stereocenters. The molecule has 0 N–H and O–H groups in total. The SMILES string of the molecule is O=C(N1CCOCC1)N1CCc2cc3c(cc2C1)OCCO3. The lowest BCUT2D eigenvalue weighted by molar-refractivity contribution is 0.0421. The first-order valence-corrected chi connectivity index (χ1v) is 7.84. The molecule has 0 aliphatic carbocycles. The highest BCUT2D eigenvalue weighted by molar-refractivity contribution is 5.75. The van der Waals surface area contributed by atoms with E-state index < -0.39 is 0 Å². The van der Waals surface area contributed by atoms with Crippen LogP contribution in [0.1, 0.15) is 11.1 Å². The Labute approximate surface area is 129 Å². The minimum Gasteiger partial charge on any atom is -0.486 e. The van der Waals surface area contributed by atoms with E-state index >= 15 is 0 Å². The van der Waals surface area contributed by atoms with Gasteiger partial charge in [-0.05, 0) is 29.7 Å². The Bertz CT molecular complexity index is 584. The number of hydrogen-bond acceptors (Lipinski definition) is 4. The molecule has 118 valence electrons. The molecule has 0 spiro atoms. The maximum absolute atomic E-state index is 12.6. The van der Waals surface area contributed by atoms with E-state index in [1.54, 1.807) is 0 Å². The topological polar surface area (TPSA) is 51.2 Å². The van der Waals surface area contributed by atoms with Crippen LogP contribution in [0.2, 0.25) is 0 Å². The number of amides is 2. The summed E-state index contributed by atoms with van der Waals surface area (Å²) in [6.45, 7) is 5.22. The normalized spacial score (nSPS) is 20.5. The van der Waals surface area contributed by atoms with Crippen molar-refractivity contribution < 1.29 is 19.0 Å². The van der Waals surface area contributed by atoms with E-state index in [9.17, 15) is 4.79 Å². The van der Waals surface area contributed by atoms with Crippen molar-refractivity contribution in [2.75, 3.05) is 46.1 Å². The monoisotopic (exact) mass is 304 g/mol. The quantitative estimate of drug-likeness (QED) is 0.724. The third-order valence-electron chi connectivity index (χ3n) is 4.43. The lowest BCUT2D eigenvalue weighted by Crippen LogP contribution is -2.49. The molecule has 4 rings (SSSR count). The van der Waals surface area contributed by atoms with Crippen LogP contribution in [-0.2, 0) is 17.7 Å². The molecule has 1 saturated heterocycles. The number of benzene rings is 1. The van der Waals surface area contributed by atoms with Crippen molar-refractivity contribution >= 4 is 6.03 Å². The molecule has 6 heteroatoms. The fraction of sp³-hybridized carbons (Fsp3) is 0.562. The second-order valence-corrected chi connectivity index (χ2v) is 5.82. The second-order valence-electron chi connectivity index (χ2n) is 5.82. The number of carbonyl (C=O) groups is 1. The highest BCUT2D eigenvalue weighted by atomic mass is 16.6. The van der Waals surface area contributed by atoms with E-state index in [1.165, 1.54) is 5.56 Å². The Hall–Kier alpha value is -1.95. The molecule has 0 aromatic heterocycles. The average Bonchev–Trinajstić information content (AvgIpc) is 2.59. The summed E-state index contributed by atoms with van der Waals surface area (Å²) in [6, 6.07) is 4.21. The molecule has 0 bridgehead atoms. The first-order chi connectivity index (χ1) is 10.8. The number of carbonyl (C=O) groups excluding carboxylic acids is 1. The van der Waals surface area contributed by atoms with Gasteiger partial charge in [-0.25, -0.2) is 4.79 Å². The van der Waals surface area contributed by atoms with Crippen LogP contribution >= 0.6 is 0 Å². The minimum atomic E-state index is 0.115. The van der Waals surface area contributed by atoms with Crippen molar-refractivity contribution in [3.05, 3.63) is 23.3 Å². The maximum atomic E-state index is 12.6. The largest absolute Gasteiger partial charge is 0.486 e. The Balaban J connectivity index is 1.52. The van der Waals surface area contributed by atoms with E-state index in [-0.39, 0.29) is 6.03 Å². The molecule has 3 heterocycles. The third-order valence-corrected chi connectivity index (χ3v) is 4.43. The summed E-state index contributed by atoms with van der Waals surface area (Å²) in [7, 11) is 0. The molecule has 0 saturated carbocycles. The molecule has 1 aromatic carbocycles. The van der Waals surface area contributed by atoms with Gasteiger partial charge in [-0.3, -0.25) is 0 Å². The van der Waals surface area contributed by atoms with Gasteiger partial charge in [0.15, 0.2) is 11.5 Å². The number of rotatable bonds is 0. The fourth-order valence-corrected chi connectivity index (χ4v) is 3.21. The summed E-state index contributed by atoms with van der Waals surface area (Å²) in [4.78, 5) is 16.4. The molecular weight excluding hydrogens is 284 g/mol. The lowest BCUT2D eigenvalue weighted by Gasteiger charge is -2.36. The summed E-state index contributed by atoms with van der Waals surface area (Å²) < 4.78 is 16.6. The molecule has 1 aromatic rings. The van der Waals surface area contributed by atoms with E-state index in [2.05, 4.69) is 6.07 Å². The van der Waals surface area contributed by atoms with Gasteiger partial charge in [0.1, 0.15) is 13.2 Å². The minimum absolute atomic E-state index is 0.115. The van der Waals surface area contributed by atoms with Gasteiger partial charge in [-0.1, -0.05) is 0 Å². The Morgan fingerprint density at radius 2 is 1.55 bits per heavy atom. The summed E-state index contributed by atoms with van der Waals surface area (Å²) in [6.07, 6.45) is 0.863. The third kappa shape index (κ3) is 2.47. The van der Waals surface area contributed by atoms with Crippen molar-refractivity contribution in [3.63, 3.8) is 0 Å². The number of hydrogen-bond donors (Lipinski definition) is 0. The van der Waals surface area contributed by atoms with Gasteiger partial charge in [-0.15, -0.1) is 0 Å². The van der Waals surface area contributed by atoms with Crippen LogP contribution < -0.4 is 9.47 Å². The van der Waals surface area contributed by atoms with Crippen LogP contribution in [0.5, 0.6) is 11.5 Å². The van der Waals surface area contributed by atoms with E-state index in [1.807, 2.05) is 15.9 Å². The number of urea groups is 1. The van der Waals surface area contributed by atoms with Crippen molar-refractivity contribution in [3.8, 4) is 11.5 Å². The highest BCUT2D eigenvalue weighted by Crippen LogP contribution is 2.35. The van der Waals surface area contributed by atoms with Gasteiger partial charge in [0.05, 0.1) is 13.2 Å². The van der Waals surface area contributed by atoms with Gasteiger partial charge in [-0.2, -0.15) is 0 Å².